The zero-order valence-electron chi connectivity index (χ0n) is 31.2. The molecule has 0 N–H and O–H groups in total. The molecule has 0 saturated heterocycles. The van der Waals surface area contributed by atoms with E-state index in [0.29, 0.717) is 17.5 Å². The van der Waals surface area contributed by atoms with Crippen molar-refractivity contribution in [2.75, 3.05) is 4.90 Å². The van der Waals surface area contributed by atoms with Crippen molar-refractivity contribution < 1.29 is 9.47 Å². The van der Waals surface area contributed by atoms with Gasteiger partial charge in [0, 0.05) is 33.2 Å². The number of hydrogen-bond donors (Lipinski definition) is 0. The molecule has 0 saturated carbocycles. The minimum atomic E-state index is 0.529. The summed E-state index contributed by atoms with van der Waals surface area (Å²) in [6.07, 6.45) is 5.31. The van der Waals surface area contributed by atoms with E-state index in [9.17, 15) is 0 Å². The first-order valence-electron chi connectivity index (χ1n) is 19.1. The van der Waals surface area contributed by atoms with Gasteiger partial charge in [-0.1, -0.05) is 122 Å². The van der Waals surface area contributed by atoms with E-state index in [2.05, 4.69) is 108 Å². The molecule has 2 aliphatic rings. The molecule has 7 nitrogen and oxygen atoms in total. The maximum absolute atomic E-state index is 6.59. The zero-order valence-corrected chi connectivity index (χ0v) is 31.2. The molecule has 0 amide bonds. The predicted molar refractivity (Wildman–Crippen MR) is 234 cm³/mol. The third-order valence-electron chi connectivity index (χ3n) is 10.7. The lowest BCUT2D eigenvalue weighted by atomic mass is 9.99. The summed E-state index contributed by atoms with van der Waals surface area (Å²) in [6, 6.07) is 54.0. The van der Waals surface area contributed by atoms with Gasteiger partial charge in [-0.15, -0.1) is 0 Å². The van der Waals surface area contributed by atoms with E-state index in [-0.39, 0.29) is 0 Å². The number of benzene rings is 7. The first kappa shape index (κ1) is 33.3. The van der Waals surface area contributed by atoms with Gasteiger partial charge >= 0.3 is 0 Å². The van der Waals surface area contributed by atoms with Crippen LogP contribution in [0.1, 0.15) is 5.82 Å². The Morgan fingerprint density at radius 1 is 0.500 bits per heavy atom. The van der Waals surface area contributed by atoms with Crippen molar-refractivity contribution in [1.82, 2.24) is 19.5 Å². The maximum atomic E-state index is 6.59. The molecule has 58 heavy (non-hydrogen) atoms. The van der Waals surface area contributed by atoms with Crippen LogP contribution in [0.4, 0.5) is 17.1 Å². The largest absolute Gasteiger partial charge is 0.453 e. The van der Waals surface area contributed by atoms with Crippen LogP contribution in [0.25, 0.3) is 67.0 Å². The van der Waals surface area contributed by atoms with Crippen LogP contribution in [0.2, 0.25) is 0 Å². The topological polar surface area (TPSA) is 65.3 Å². The van der Waals surface area contributed by atoms with Crippen molar-refractivity contribution in [2.45, 2.75) is 0 Å². The molecular weight excluding hydrogens is 715 g/mol. The Hall–Kier alpha value is -8.03. The van der Waals surface area contributed by atoms with Crippen molar-refractivity contribution in [1.29, 1.82) is 0 Å². The third-order valence-corrected chi connectivity index (χ3v) is 10.7. The van der Waals surface area contributed by atoms with Crippen LogP contribution in [0.5, 0.6) is 23.0 Å². The quantitative estimate of drug-likeness (QED) is 0.151. The van der Waals surface area contributed by atoms with Gasteiger partial charge in [-0.05, 0) is 77.9 Å². The average Bonchev–Trinajstić information content (AvgIpc) is 3.62. The molecule has 2 aliphatic heterocycles. The molecule has 2 aromatic heterocycles. The van der Waals surface area contributed by atoms with Crippen LogP contribution in [0.15, 0.2) is 189 Å². The van der Waals surface area contributed by atoms with Gasteiger partial charge < -0.3 is 14.0 Å². The van der Waals surface area contributed by atoms with E-state index in [1.807, 2.05) is 78.9 Å². The number of anilines is 3. The Labute approximate surface area is 334 Å². The second-order valence-corrected chi connectivity index (χ2v) is 14.2. The fourth-order valence-electron chi connectivity index (χ4n) is 8.11. The Kier molecular flexibility index (Phi) is 7.65. The minimum Gasteiger partial charge on any atom is -0.453 e. The highest BCUT2D eigenvalue weighted by molar-refractivity contribution is 6.10. The van der Waals surface area contributed by atoms with Gasteiger partial charge in [-0.3, -0.25) is 4.90 Å². The summed E-state index contributed by atoms with van der Waals surface area (Å²) in [5.74, 6) is 4.77. The lowest BCUT2D eigenvalue weighted by Gasteiger charge is -2.38. The van der Waals surface area contributed by atoms with Gasteiger partial charge in [0.05, 0.1) is 22.4 Å². The molecule has 0 radical (unpaired) electrons. The van der Waals surface area contributed by atoms with Gasteiger partial charge in [0.2, 0.25) is 0 Å². The highest BCUT2D eigenvalue weighted by Crippen LogP contribution is 2.60. The smallest absolute Gasteiger partial charge is 0.164 e. The summed E-state index contributed by atoms with van der Waals surface area (Å²) in [5, 5.41) is 2.27. The summed E-state index contributed by atoms with van der Waals surface area (Å²) in [4.78, 5) is 17.0. The fourth-order valence-corrected chi connectivity index (χ4v) is 8.11. The van der Waals surface area contributed by atoms with Crippen LogP contribution in [-0.4, -0.2) is 19.5 Å². The van der Waals surface area contributed by atoms with Crippen LogP contribution in [0, 0.1) is 0 Å². The molecule has 4 heterocycles. The van der Waals surface area contributed by atoms with Crippen LogP contribution >= 0.6 is 0 Å². The van der Waals surface area contributed by atoms with Crippen molar-refractivity contribution in [3.8, 4) is 62.6 Å². The van der Waals surface area contributed by atoms with E-state index < -0.39 is 0 Å². The second-order valence-electron chi connectivity index (χ2n) is 14.2. The minimum absolute atomic E-state index is 0.529. The molecule has 0 fully saturated rings. The molecule has 0 spiro atoms. The van der Waals surface area contributed by atoms with Crippen LogP contribution in [0.3, 0.4) is 0 Å². The first-order valence-corrected chi connectivity index (χ1v) is 19.1. The van der Waals surface area contributed by atoms with Gasteiger partial charge in [0.15, 0.2) is 40.5 Å². The van der Waals surface area contributed by atoms with Gasteiger partial charge in [-0.25, -0.2) is 15.0 Å². The molecule has 0 unspecified atom stereocenters. The molecule has 9 aromatic rings. The number of fused-ring (bicyclic) bond motifs is 7. The molecular formula is C51H33N5O2. The Bertz CT molecular complexity index is 3110. The second kappa shape index (κ2) is 13.3. The van der Waals surface area contributed by atoms with E-state index in [4.69, 9.17) is 24.4 Å². The lowest BCUT2D eigenvalue weighted by Crippen LogP contribution is -2.20. The zero-order chi connectivity index (χ0) is 38.7. The van der Waals surface area contributed by atoms with Gasteiger partial charge in [0.25, 0.3) is 0 Å². The van der Waals surface area contributed by atoms with Crippen molar-refractivity contribution >= 4 is 44.4 Å². The summed E-state index contributed by atoms with van der Waals surface area (Å²) >= 11 is 0. The van der Waals surface area contributed by atoms with E-state index in [1.165, 1.54) is 0 Å². The molecule has 7 heteroatoms. The van der Waals surface area contributed by atoms with Crippen molar-refractivity contribution in [2.24, 2.45) is 0 Å². The lowest BCUT2D eigenvalue weighted by molar-refractivity contribution is 0.446. The van der Waals surface area contributed by atoms with Crippen molar-refractivity contribution in [3.63, 3.8) is 0 Å². The molecule has 11 rings (SSSR count). The molecule has 0 bridgehead atoms. The molecule has 274 valence electrons. The summed E-state index contributed by atoms with van der Waals surface area (Å²) < 4.78 is 15.5. The monoisotopic (exact) mass is 747 g/mol. The van der Waals surface area contributed by atoms with Crippen LogP contribution in [-0.2, 0) is 0 Å². The number of rotatable bonds is 7. The summed E-state index contributed by atoms with van der Waals surface area (Å²) in [5.41, 5.74) is 10.6. The molecule has 0 aliphatic carbocycles. The SMILES string of the molecule is C=C/C=C(\C=C)c1nc(-c2ccccc2)nc(-c2cccc(-n3c4ccccc4c4cc(-c5cc6c7c(c5)Oc5ccccc5N7c5ccccc5O6)ccc43)c2)n1. The number of hydrogen-bond acceptors (Lipinski definition) is 6. The summed E-state index contributed by atoms with van der Waals surface area (Å²) in [6.45, 7) is 7.89. The van der Waals surface area contributed by atoms with Gasteiger partial charge in [-0.2, -0.15) is 0 Å². The fraction of sp³-hybridized carbons (Fsp3) is 0. The van der Waals surface area contributed by atoms with E-state index in [0.717, 1.165) is 95.4 Å². The number of para-hydroxylation sites is 5. The normalized spacial score (nSPS) is 12.6. The Morgan fingerprint density at radius 3 is 1.86 bits per heavy atom. The highest BCUT2D eigenvalue weighted by atomic mass is 16.5. The van der Waals surface area contributed by atoms with E-state index in [1.54, 1.807) is 12.2 Å². The molecule has 0 atom stereocenters. The number of nitrogens with zero attached hydrogens (tertiary/aromatic N) is 5. The number of allylic oxidation sites excluding steroid dienone is 4. The maximum Gasteiger partial charge on any atom is 0.164 e. The molecule has 7 aromatic carbocycles. The van der Waals surface area contributed by atoms with Gasteiger partial charge in [0.1, 0.15) is 5.69 Å². The Morgan fingerprint density at radius 2 is 1.14 bits per heavy atom. The Balaban J connectivity index is 1.04. The number of aromatic nitrogens is 4. The van der Waals surface area contributed by atoms with Crippen molar-refractivity contribution in [3.05, 3.63) is 195 Å². The third kappa shape index (κ3) is 5.33. The highest BCUT2D eigenvalue weighted by Gasteiger charge is 2.35. The van der Waals surface area contributed by atoms with E-state index >= 15 is 0 Å². The van der Waals surface area contributed by atoms with Crippen LogP contribution < -0.4 is 14.4 Å². The predicted octanol–water partition coefficient (Wildman–Crippen LogP) is 13.4. The summed E-state index contributed by atoms with van der Waals surface area (Å²) in [7, 11) is 0. The number of ether oxygens (including phenoxy) is 2. The standard InChI is InChI=1S/C51H33N5O2/c1-3-15-32(4-2)49-52-50(33-16-6-5-7-17-33)54-51(53-49)35-18-14-19-37(28-35)55-40-21-9-8-20-38(40)39-29-34(26-27-41(39)55)36-30-46-48-47(31-36)58-45-25-13-11-23-43(45)56(48)42-22-10-12-24-44(42)57-46/h3-31H,1-2H2/b32-15+. The first-order chi connectivity index (χ1) is 28.6. The average molecular weight is 748 g/mol.